The zero-order chi connectivity index (χ0) is 22.0. The van der Waals surface area contributed by atoms with Crippen LogP contribution < -0.4 is 10.1 Å². The maximum atomic E-state index is 12.4. The third-order valence-corrected chi connectivity index (χ3v) is 5.94. The second-order valence-electron chi connectivity index (χ2n) is 8.14. The van der Waals surface area contributed by atoms with E-state index in [0.717, 1.165) is 62.8 Å². The average molecular weight is 438 g/mol. The standard InChI is InChI=1S/C25H31N3O4/c29-25(27-17-24(22-9-13-31-19-22)28-11-14-30-15-12-28)8-5-20-3-6-23(7-4-20)32-18-21-2-1-10-26-16-21/h1-8,10,16,22,24H,9,11-15,17-19H2,(H,27,29)/b8-5+. The van der Waals surface area contributed by atoms with Crippen LogP contribution in [0.2, 0.25) is 0 Å². The van der Waals surface area contributed by atoms with E-state index in [2.05, 4.69) is 15.2 Å². The Balaban J connectivity index is 1.25. The molecule has 0 radical (unpaired) electrons. The van der Waals surface area contributed by atoms with Crippen molar-refractivity contribution in [1.29, 1.82) is 0 Å². The summed E-state index contributed by atoms with van der Waals surface area (Å²) in [5.74, 6) is 1.15. The van der Waals surface area contributed by atoms with Gasteiger partial charge in [0.05, 0.1) is 19.8 Å². The Labute approximate surface area is 189 Å². The van der Waals surface area contributed by atoms with Crippen molar-refractivity contribution in [1.82, 2.24) is 15.2 Å². The van der Waals surface area contributed by atoms with Crippen LogP contribution in [0.15, 0.2) is 54.9 Å². The molecule has 2 unspecified atom stereocenters. The van der Waals surface area contributed by atoms with Gasteiger partial charge < -0.3 is 19.5 Å². The van der Waals surface area contributed by atoms with Crippen LogP contribution in [0.1, 0.15) is 17.5 Å². The monoisotopic (exact) mass is 437 g/mol. The molecular weight excluding hydrogens is 406 g/mol. The van der Waals surface area contributed by atoms with Gasteiger partial charge in [-0.25, -0.2) is 0 Å². The van der Waals surface area contributed by atoms with Gasteiger partial charge in [-0.2, -0.15) is 0 Å². The Morgan fingerprint density at radius 3 is 2.75 bits per heavy atom. The van der Waals surface area contributed by atoms with Crippen LogP contribution in [0.25, 0.3) is 6.08 Å². The van der Waals surface area contributed by atoms with E-state index < -0.39 is 0 Å². The zero-order valence-corrected chi connectivity index (χ0v) is 18.3. The molecule has 2 aliphatic heterocycles. The van der Waals surface area contributed by atoms with E-state index in [0.29, 0.717) is 19.1 Å². The second kappa shape index (κ2) is 11.8. The number of amides is 1. The number of carbonyl (C=O) groups excluding carboxylic acids is 1. The predicted molar refractivity (Wildman–Crippen MR) is 122 cm³/mol. The second-order valence-corrected chi connectivity index (χ2v) is 8.14. The Morgan fingerprint density at radius 2 is 2.03 bits per heavy atom. The highest BCUT2D eigenvalue weighted by Gasteiger charge is 2.31. The summed E-state index contributed by atoms with van der Waals surface area (Å²) < 4.78 is 16.9. The van der Waals surface area contributed by atoms with Crippen molar-refractivity contribution in [2.24, 2.45) is 5.92 Å². The number of benzene rings is 1. The van der Waals surface area contributed by atoms with Crippen molar-refractivity contribution in [3.05, 3.63) is 66.0 Å². The van der Waals surface area contributed by atoms with E-state index in [4.69, 9.17) is 14.2 Å². The van der Waals surface area contributed by atoms with Crippen molar-refractivity contribution in [3.8, 4) is 5.75 Å². The Kier molecular flexibility index (Phi) is 8.25. The Morgan fingerprint density at radius 1 is 1.19 bits per heavy atom. The van der Waals surface area contributed by atoms with Crippen molar-refractivity contribution < 1.29 is 19.0 Å². The molecule has 2 atom stereocenters. The number of ether oxygens (including phenoxy) is 3. The lowest BCUT2D eigenvalue weighted by molar-refractivity contribution is -0.116. The minimum absolute atomic E-state index is 0.0842. The molecule has 2 fully saturated rings. The number of aromatic nitrogens is 1. The number of hydrogen-bond donors (Lipinski definition) is 1. The highest BCUT2D eigenvalue weighted by molar-refractivity contribution is 5.91. The number of hydrogen-bond acceptors (Lipinski definition) is 6. The molecule has 7 nitrogen and oxygen atoms in total. The summed E-state index contributed by atoms with van der Waals surface area (Å²) in [6, 6.07) is 11.8. The molecule has 1 aromatic heterocycles. The number of pyridine rings is 1. The smallest absolute Gasteiger partial charge is 0.244 e. The van der Waals surface area contributed by atoms with Crippen LogP contribution in [0.4, 0.5) is 0 Å². The number of nitrogens with zero attached hydrogens (tertiary/aromatic N) is 2. The van der Waals surface area contributed by atoms with Gasteiger partial charge in [0, 0.05) is 62.2 Å². The molecule has 1 amide bonds. The fourth-order valence-corrected chi connectivity index (χ4v) is 4.12. The van der Waals surface area contributed by atoms with E-state index in [1.54, 1.807) is 18.5 Å². The topological polar surface area (TPSA) is 72.9 Å². The lowest BCUT2D eigenvalue weighted by Crippen LogP contribution is -2.52. The minimum atomic E-state index is -0.0842. The van der Waals surface area contributed by atoms with Crippen molar-refractivity contribution in [2.45, 2.75) is 19.1 Å². The molecular formula is C25H31N3O4. The predicted octanol–water partition coefficient (Wildman–Crippen LogP) is 2.53. The van der Waals surface area contributed by atoms with Crippen molar-refractivity contribution in [3.63, 3.8) is 0 Å². The van der Waals surface area contributed by atoms with Gasteiger partial charge in [0.25, 0.3) is 0 Å². The highest BCUT2D eigenvalue weighted by atomic mass is 16.5. The molecule has 1 aromatic carbocycles. The van der Waals surface area contributed by atoms with Gasteiger partial charge in [-0.05, 0) is 36.3 Å². The summed E-state index contributed by atoms with van der Waals surface area (Å²) >= 11 is 0. The molecule has 0 spiro atoms. The van der Waals surface area contributed by atoms with E-state index in [1.807, 2.05) is 42.5 Å². The quantitative estimate of drug-likeness (QED) is 0.608. The normalized spacial score (nSPS) is 20.3. The number of rotatable bonds is 9. The SMILES string of the molecule is O=C(/C=C/c1ccc(OCc2cccnc2)cc1)NCC(C1CCOC1)N1CCOCC1. The largest absolute Gasteiger partial charge is 0.489 e. The summed E-state index contributed by atoms with van der Waals surface area (Å²) in [5, 5.41) is 3.08. The third-order valence-electron chi connectivity index (χ3n) is 5.94. The Bertz CT molecular complexity index is 861. The van der Waals surface area contributed by atoms with Crippen LogP contribution in [0.3, 0.4) is 0 Å². The maximum Gasteiger partial charge on any atom is 0.244 e. The summed E-state index contributed by atoms with van der Waals surface area (Å²) in [6.07, 6.45) is 7.99. The highest BCUT2D eigenvalue weighted by Crippen LogP contribution is 2.22. The fourth-order valence-electron chi connectivity index (χ4n) is 4.12. The van der Waals surface area contributed by atoms with E-state index >= 15 is 0 Å². The Hall–Kier alpha value is -2.74. The minimum Gasteiger partial charge on any atom is -0.489 e. The molecule has 32 heavy (non-hydrogen) atoms. The molecule has 0 aliphatic carbocycles. The summed E-state index contributed by atoms with van der Waals surface area (Å²) in [4.78, 5) is 19.0. The lowest BCUT2D eigenvalue weighted by atomic mass is 9.97. The summed E-state index contributed by atoms with van der Waals surface area (Å²) in [7, 11) is 0. The van der Waals surface area contributed by atoms with Crippen LogP contribution in [-0.4, -0.2) is 67.9 Å². The van der Waals surface area contributed by atoms with Gasteiger partial charge in [-0.1, -0.05) is 18.2 Å². The molecule has 2 aromatic rings. The van der Waals surface area contributed by atoms with Crippen molar-refractivity contribution >= 4 is 12.0 Å². The molecule has 2 saturated heterocycles. The first-order valence-corrected chi connectivity index (χ1v) is 11.2. The molecule has 0 bridgehead atoms. The number of nitrogens with one attached hydrogen (secondary N) is 1. The first kappa shape index (κ1) is 22.5. The first-order chi connectivity index (χ1) is 15.8. The van der Waals surface area contributed by atoms with Gasteiger partial charge in [-0.3, -0.25) is 14.7 Å². The van der Waals surface area contributed by atoms with E-state index in [9.17, 15) is 4.79 Å². The zero-order valence-electron chi connectivity index (χ0n) is 18.3. The maximum absolute atomic E-state index is 12.4. The molecule has 4 rings (SSSR count). The average Bonchev–Trinajstić information content (AvgIpc) is 3.38. The third kappa shape index (κ3) is 6.63. The van der Waals surface area contributed by atoms with Crippen LogP contribution >= 0.6 is 0 Å². The summed E-state index contributed by atoms with van der Waals surface area (Å²) in [5.41, 5.74) is 1.97. The van der Waals surface area contributed by atoms with Crippen LogP contribution in [0.5, 0.6) is 5.75 Å². The van der Waals surface area contributed by atoms with E-state index in [1.165, 1.54) is 0 Å². The molecule has 2 aliphatic rings. The molecule has 3 heterocycles. The van der Waals surface area contributed by atoms with Crippen LogP contribution in [-0.2, 0) is 20.9 Å². The number of carbonyl (C=O) groups is 1. The number of morpholine rings is 1. The fraction of sp³-hybridized carbons (Fsp3) is 0.440. The first-order valence-electron chi connectivity index (χ1n) is 11.2. The van der Waals surface area contributed by atoms with Gasteiger partial charge in [0.1, 0.15) is 12.4 Å². The molecule has 0 saturated carbocycles. The van der Waals surface area contributed by atoms with Gasteiger partial charge in [0.15, 0.2) is 0 Å². The summed E-state index contributed by atoms with van der Waals surface area (Å²) in [6.45, 7) is 5.98. The molecule has 7 heteroatoms. The molecule has 170 valence electrons. The van der Waals surface area contributed by atoms with E-state index in [-0.39, 0.29) is 11.9 Å². The van der Waals surface area contributed by atoms with Gasteiger partial charge in [0.2, 0.25) is 5.91 Å². The van der Waals surface area contributed by atoms with Gasteiger partial charge >= 0.3 is 0 Å². The van der Waals surface area contributed by atoms with Crippen molar-refractivity contribution in [2.75, 3.05) is 46.1 Å². The molecule has 1 N–H and O–H groups in total. The van der Waals surface area contributed by atoms with Gasteiger partial charge in [-0.15, -0.1) is 0 Å². The van der Waals surface area contributed by atoms with Crippen LogP contribution in [0, 0.1) is 5.92 Å². The lowest BCUT2D eigenvalue weighted by Gasteiger charge is -2.37.